The second kappa shape index (κ2) is 12.0. The van der Waals surface area contributed by atoms with Gasteiger partial charge < -0.3 is 16.1 Å². The second-order valence-electron chi connectivity index (χ2n) is 11.7. The van der Waals surface area contributed by atoms with Gasteiger partial charge >= 0.3 is 0 Å². The van der Waals surface area contributed by atoms with Crippen molar-refractivity contribution in [3.63, 3.8) is 0 Å². The van der Waals surface area contributed by atoms with Crippen LogP contribution in [-0.4, -0.2) is 38.8 Å². The predicted octanol–water partition coefficient (Wildman–Crippen LogP) is 6.12. The Morgan fingerprint density at radius 3 is 2.74 bits per heavy atom. The maximum Gasteiger partial charge on any atom is 0.118 e. The zero-order valence-corrected chi connectivity index (χ0v) is 24.4. The van der Waals surface area contributed by atoms with Crippen LogP contribution in [0.3, 0.4) is 0 Å². The summed E-state index contributed by atoms with van der Waals surface area (Å²) in [6, 6.07) is 8.20. The van der Waals surface area contributed by atoms with Gasteiger partial charge in [0.2, 0.25) is 0 Å². The lowest BCUT2D eigenvalue weighted by Gasteiger charge is -2.24. The van der Waals surface area contributed by atoms with Gasteiger partial charge in [-0.25, -0.2) is 4.39 Å². The number of fused-ring (bicyclic) bond motifs is 1. The van der Waals surface area contributed by atoms with Crippen molar-refractivity contribution in [2.24, 2.45) is 5.41 Å². The lowest BCUT2D eigenvalue weighted by atomic mass is 9.95. The highest BCUT2D eigenvalue weighted by Crippen LogP contribution is 2.37. The van der Waals surface area contributed by atoms with E-state index in [1.807, 2.05) is 24.4 Å². The minimum Gasteiger partial charge on any atom is -0.383 e. The molecule has 10 heteroatoms. The van der Waals surface area contributed by atoms with Crippen molar-refractivity contribution in [3.8, 4) is 17.2 Å². The van der Waals surface area contributed by atoms with E-state index in [4.69, 9.17) is 4.98 Å². The zero-order chi connectivity index (χ0) is 29.9. The first-order valence-electron chi connectivity index (χ1n) is 14.0. The molecule has 1 saturated carbocycles. The number of hydrazine groups is 2. The van der Waals surface area contributed by atoms with Crippen LogP contribution in [0.25, 0.3) is 22.0 Å². The van der Waals surface area contributed by atoms with Crippen LogP contribution >= 0.6 is 0 Å². The third-order valence-corrected chi connectivity index (χ3v) is 7.06. The Morgan fingerprint density at radius 1 is 1.26 bits per heavy atom. The second-order valence-corrected chi connectivity index (χ2v) is 11.7. The van der Waals surface area contributed by atoms with Crippen molar-refractivity contribution in [1.29, 1.82) is 5.26 Å². The van der Waals surface area contributed by atoms with Gasteiger partial charge in [0.15, 0.2) is 0 Å². The summed E-state index contributed by atoms with van der Waals surface area (Å²) in [6.07, 6.45) is 13.7. The standard InChI is InChI=1S/C32H36FN9/c1-6-23(33)8-7-20(2)29(28-18-42(41-40-28)25-9-10-25)39-24-13-26(21-11-12-37-38-17-21)31-27(14-24)30(22(15-34)16-35-31)36-19-32(3,4)5/h6-8,11-14,16-18,25,29,39-41H,2,9-10,19H2,1,3-5H3,(H,35,36)/b8-7-,23-6+/t29-/m0/s1. The molecule has 0 bridgehead atoms. The number of halogens is 1. The lowest BCUT2D eigenvalue weighted by molar-refractivity contribution is 0.260. The first-order valence-corrected chi connectivity index (χ1v) is 14.0. The third kappa shape index (κ3) is 6.58. The number of nitriles is 1. The number of allylic oxidation sites excluding steroid dienone is 3. The predicted molar refractivity (Wildman–Crippen MR) is 165 cm³/mol. The number of hydrogen-bond donors (Lipinski definition) is 4. The van der Waals surface area contributed by atoms with Gasteiger partial charge in [-0.15, -0.1) is 5.53 Å². The van der Waals surface area contributed by atoms with Gasteiger partial charge in [-0.3, -0.25) is 9.99 Å². The van der Waals surface area contributed by atoms with E-state index in [-0.39, 0.29) is 11.2 Å². The minimum absolute atomic E-state index is 0.0194. The number of hydrogen-bond acceptors (Lipinski definition) is 9. The molecule has 4 N–H and O–H groups in total. The average Bonchev–Trinajstić information content (AvgIpc) is 3.73. The Balaban J connectivity index is 1.63. The minimum atomic E-state index is -0.416. The summed E-state index contributed by atoms with van der Waals surface area (Å²) < 4.78 is 14.0. The van der Waals surface area contributed by atoms with Crippen molar-refractivity contribution in [2.75, 3.05) is 17.2 Å². The van der Waals surface area contributed by atoms with Gasteiger partial charge in [-0.2, -0.15) is 15.5 Å². The summed E-state index contributed by atoms with van der Waals surface area (Å²) in [4.78, 5) is 4.71. The largest absolute Gasteiger partial charge is 0.383 e. The van der Waals surface area contributed by atoms with Crippen molar-refractivity contribution in [1.82, 2.24) is 31.2 Å². The maximum atomic E-state index is 14.0. The Kier molecular flexibility index (Phi) is 8.22. The molecule has 0 spiro atoms. The Bertz CT molecular complexity index is 1610. The summed E-state index contributed by atoms with van der Waals surface area (Å²) in [5, 5.41) is 28.0. The molecule has 3 aromatic rings. The molecule has 0 unspecified atom stereocenters. The molecule has 9 nitrogen and oxygen atoms in total. The van der Waals surface area contributed by atoms with Crippen LogP contribution in [0, 0.1) is 16.7 Å². The fourth-order valence-electron chi connectivity index (χ4n) is 4.64. The van der Waals surface area contributed by atoms with Crippen molar-refractivity contribution in [2.45, 2.75) is 52.6 Å². The molecule has 1 aliphatic carbocycles. The number of aromatic nitrogens is 3. The molecule has 1 aliphatic heterocycles. The summed E-state index contributed by atoms with van der Waals surface area (Å²) >= 11 is 0. The molecule has 1 aromatic carbocycles. The summed E-state index contributed by atoms with van der Waals surface area (Å²) in [7, 11) is 0. The van der Waals surface area contributed by atoms with Crippen LogP contribution in [0.2, 0.25) is 0 Å². The van der Waals surface area contributed by atoms with E-state index < -0.39 is 6.04 Å². The van der Waals surface area contributed by atoms with Gasteiger partial charge in [0.25, 0.3) is 0 Å². The summed E-state index contributed by atoms with van der Waals surface area (Å²) in [6.45, 7) is 13.0. The molecule has 0 radical (unpaired) electrons. The van der Waals surface area contributed by atoms with Crippen LogP contribution in [0.15, 0.2) is 84.9 Å². The fourth-order valence-corrected chi connectivity index (χ4v) is 4.64. The summed E-state index contributed by atoms with van der Waals surface area (Å²) in [5.41, 5.74) is 12.3. The number of pyridine rings is 1. The molecule has 3 heterocycles. The van der Waals surface area contributed by atoms with Gasteiger partial charge in [0.1, 0.15) is 11.9 Å². The lowest BCUT2D eigenvalue weighted by Crippen LogP contribution is -2.40. The van der Waals surface area contributed by atoms with Gasteiger partial charge in [0, 0.05) is 47.2 Å². The molecule has 5 rings (SSSR count). The van der Waals surface area contributed by atoms with E-state index in [1.54, 1.807) is 31.6 Å². The highest BCUT2D eigenvalue weighted by molar-refractivity contribution is 6.04. The molecule has 1 atom stereocenters. The normalized spacial score (nSPS) is 16.2. The topological polar surface area (TPSA) is 114 Å². The van der Waals surface area contributed by atoms with E-state index in [2.05, 4.69) is 70.2 Å². The van der Waals surface area contributed by atoms with Crippen LogP contribution in [0.4, 0.5) is 15.8 Å². The third-order valence-electron chi connectivity index (χ3n) is 7.06. The average molecular weight is 566 g/mol. The van der Waals surface area contributed by atoms with E-state index in [1.165, 1.54) is 12.2 Å². The molecule has 42 heavy (non-hydrogen) atoms. The maximum absolute atomic E-state index is 14.0. The van der Waals surface area contributed by atoms with Gasteiger partial charge in [0.05, 0.1) is 40.9 Å². The molecule has 2 aromatic heterocycles. The Morgan fingerprint density at radius 2 is 2.07 bits per heavy atom. The Hall–Kier alpha value is -4.75. The van der Waals surface area contributed by atoms with Crippen LogP contribution in [-0.2, 0) is 0 Å². The van der Waals surface area contributed by atoms with Crippen LogP contribution in [0.1, 0.15) is 46.1 Å². The van der Waals surface area contributed by atoms with Gasteiger partial charge in [-0.05, 0) is 55.0 Å². The fraction of sp³-hybridized carbons (Fsp3) is 0.312. The van der Waals surface area contributed by atoms with E-state index in [0.29, 0.717) is 23.7 Å². The number of rotatable bonds is 10. The van der Waals surface area contributed by atoms with Crippen molar-refractivity contribution < 1.29 is 4.39 Å². The highest BCUT2D eigenvalue weighted by atomic mass is 19.1. The Labute approximate surface area is 245 Å². The van der Waals surface area contributed by atoms with E-state index in [0.717, 1.165) is 51.9 Å². The van der Waals surface area contributed by atoms with Crippen LogP contribution in [0.5, 0.6) is 0 Å². The number of anilines is 2. The molecule has 0 amide bonds. The quantitative estimate of drug-likeness (QED) is 0.216. The molecule has 216 valence electrons. The number of nitrogens with one attached hydrogen (secondary N) is 4. The molecule has 1 fully saturated rings. The monoisotopic (exact) mass is 565 g/mol. The van der Waals surface area contributed by atoms with E-state index in [9.17, 15) is 9.65 Å². The molecule has 2 aliphatic rings. The van der Waals surface area contributed by atoms with Gasteiger partial charge in [-0.1, -0.05) is 39.5 Å². The summed E-state index contributed by atoms with van der Waals surface area (Å²) in [5.74, 6) is -0.344. The first-order chi connectivity index (χ1) is 20.2. The van der Waals surface area contributed by atoms with Crippen molar-refractivity contribution in [3.05, 3.63) is 90.5 Å². The molecular weight excluding hydrogens is 529 g/mol. The SMILES string of the molecule is C=C(/C=C\C(F)=C/C)[C@H](Nc1cc(-c2ccnnc2)c2ncc(C#N)c(NCC(C)(C)C)c2c1)C1=CN(C2CC2)NN1. The zero-order valence-electron chi connectivity index (χ0n) is 24.4. The van der Waals surface area contributed by atoms with E-state index >= 15 is 0 Å². The first kappa shape index (κ1) is 28.8. The number of nitrogens with zero attached hydrogens (tertiary/aromatic N) is 5. The molecule has 0 saturated heterocycles. The number of benzene rings is 1. The smallest absolute Gasteiger partial charge is 0.118 e. The van der Waals surface area contributed by atoms with Crippen LogP contribution < -0.4 is 21.6 Å². The van der Waals surface area contributed by atoms with Crippen molar-refractivity contribution >= 4 is 22.3 Å². The molecular formula is C32H36FN9. The highest BCUT2D eigenvalue weighted by Gasteiger charge is 2.32.